The van der Waals surface area contributed by atoms with Crippen LogP contribution in [0.2, 0.25) is 0 Å². The van der Waals surface area contributed by atoms with Gasteiger partial charge in [0.15, 0.2) is 0 Å². The van der Waals surface area contributed by atoms with Crippen molar-refractivity contribution in [3.63, 3.8) is 0 Å². The van der Waals surface area contributed by atoms with Gasteiger partial charge in [0.2, 0.25) is 11.7 Å². The molecule has 0 bridgehead atoms. The second-order valence-corrected chi connectivity index (χ2v) is 6.29. The van der Waals surface area contributed by atoms with Crippen LogP contribution in [0.15, 0.2) is 36.2 Å². The van der Waals surface area contributed by atoms with Crippen molar-refractivity contribution in [1.29, 1.82) is 5.41 Å². The van der Waals surface area contributed by atoms with Crippen molar-refractivity contribution in [2.45, 2.75) is 33.1 Å². The van der Waals surface area contributed by atoms with Crippen LogP contribution in [0.4, 0.5) is 4.39 Å². The van der Waals surface area contributed by atoms with Gasteiger partial charge in [0, 0.05) is 12.3 Å². The number of hydrogen-bond donors (Lipinski definition) is 4. The van der Waals surface area contributed by atoms with E-state index in [4.69, 9.17) is 15.6 Å². The highest BCUT2D eigenvalue weighted by molar-refractivity contribution is 5.85. The van der Waals surface area contributed by atoms with Gasteiger partial charge < -0.3 is 20.9 Å². The van der Waals surface area contributed by atoms with Crippen LogP contribution in [-0.4, -0.2) is 28.3 Å². The monoisotopic (exact) mass is 364 g/mol. The number of carboxylic acids is 1. The van der Waals surface area contributed by atoms with Crippen LogP contribution in [-0.2, 0) is 16.0 Å². The first-order valence-corrected chi connectivity index (χ1v) is 8.45. The van der Waals surface area contributed by atoms with E-state index in [0.717, 1.165) is 11.8 Å². The lowest BCUT2D eigenvalue weighted by molar-refractivity contribution is -0.135. The average molecular weight is 364 g/mol. The number of carbonyl (C=O) groups is 2. The molecule has 0 aliphatic rings. The number of benzene rings is 1. The summed E-state index contributed by atoms with van der Waals surface area (Å²) in [6.45, 7) is 3.91. The molecular weight excluding hydrogens is 339 g/mol. The number of nitrogens with one attached hydrogen (secondary N) is 2. The fourth-order valence-electron chi connectivity index (χ4n) is 2.85. The molecule has 1 aromatic carbocycles. The van der Waals surface area contributed by atoms with Crippen molar-refractivity contribution in [2.24, 2.45) is 17.8 Å². The van der Waals surface area contributed by atoms with Gasteiger partial charge in [-0.05, 0) is 42.2 Å². The standard InChI is InChI=1S/C19H25FN2O4/c1-3-14(9-18(24)22-11-17(23)19(25)26)12(2)15(10-21)8-13-4-6-16(20)7-5-13/h4-7,10-12,14-15,21,23H,3,8-9H2,1-2H3,(H,22,24)(H,25,26)/b17-11-,21-10?/t12-,14-,15?/m1/s1. The Hall–Kier alpha value is -2.70. The summed E-state index contributed by atoms with van der Waals surface area (Å²) in [5.74, 6) is -3.29. The fraction of sp³-hybridized carbons (Fsp3) is 0.421. The number of amides is 1. The van der Waals surface area contributed by atoms with Gasteiger partial charge in [-0.15, -0.1) is 0 Å². The van der Waals surface area contributed by atoms with E-state index in [1.807, 2.05) is 13.8 Å². The highest BCUT2D eigenvalue weighted by Gasteiger charge is 2.25. The summed E-state index contributed by atoms with van der Waals surface area (Å²) in [6, 6.07) is 6.14. The molecule has 6 nitrogen and oxygen atoms in total. The van der Waals surface area contributed by atoms with Gasteiger partial charge in [0.1, 0.15) is 5.82 Å². The van der Waals surface area contributed by atoms with Crippen molar-refractivity contribution >= 4 is 18.1 Å². The Kier molecular flexibility index (Phi) is 8.48. The van der Waals surface area contributed by atoms with E-state index in [-0.39, 0.29) is 30.0 Å². The minimum absolute atomic E-state index is 0.0188. The second-order valence-electron chi connectivity index (χ2n) is 6.29. The van der Waals surface area contributed by atoms with E-state index in [9.17, 15) is 14.0 Å². The third-order valence-electron chi connectivity index (χ3n) is 4.58. The molecule has 1 rings (SSSR count). The van der Waals surface area contributed by atoms with Crippen molar-refractivity contribution in [3.05, 3.63) is 47.6 Å². The largest absolute Gasteiger partial charge is 0.501 e. The predicted molar refractivity (Wildman–Crippen MR) is 96.4 cm³/mol. The van der Waals surface area contributed by atoms with Gasteiger partial charge in [-0.2, -0.15) is 0 Å². The molecule has 1 unspecified atom stereocenters. The van der Waals surface area contributed by atoms with Crippen molar-refractivity contribution in [2.75, 3.05) is 0 Å². The highest BCUT2D eigenvalue weighted by Crippen LogP contribution is 2.28. The molecule has 0 aliphatic heterocycles. The molecule has 142 valence electrons. The SMILES string of the molecule is CC[C@H](CC(=O)N/C=C(\O)C(=O)O)[C@@H](C)C(C=N)Cc1ccc(F)cc1. The molecule has 3 atom stereocenters. The zero-order chi connectivity index (χ0) is 19.7. The molecule has 0 heterocycles. The number of rotatable bonds is 10. The van der Waals surface area contributed by atoms with Gasteiger partial charge in [-0.25, -0.2) is 9.18 Å². The Morgan fingerprint density at radius 2 is 1.88 bits per heavy atom. The van der Waals surface area contributed by atoms with Crippen LogP contribution in [0.3, 0.4) is 0 Å². The van der Waals surface area contributed by atoms with Gasteiger partial charge in [-0.1, -0.05) is 32.4 Å². The van der Waals surface area contributed by atoms with Crippen LogP contribution < -0.4 is 5.32 Å². The summed E-state index contributed by atoms with van der Waals surface area (Å²) in [5.41, 5.74) is 0.917. The molecule has 0 aromatic heterocycles. The third-order valence-corrected chi connectivity index (χ3v) is 4.58. The molecule has 1 aromatic rings. The molecular formula is C19H25FN2O4. The quantitative estimate of drug-likeness (QED) is 0.290. The van der Waals surface area contributed by atoms with Crippen LogP contribution in [0.25, 0.3) is 0 Å². The molecule has 4 N–H and O–H groups in total. The minimum atomic E-state index is -1.52. The maximum absolute atomic E-state index is 13.0. The van der Waals surface area contributed by atoms with Gasteiger partial charge in [-0.3, -0.25) is 4.79 Å². The Labute approximate surface area is 152 Å². The number of halogens is 1. The van der Waals surface area contributed by atoms with Crippen molar-refractivity contribution < 1.29 is 24.2 Å². The van der Waals surface area contributed by atoms with Crippen LogP contribution in [0.1, 0.15) is 32.3 Å². The summed E-state index contributed by atoms with van der Waals surface area (Å²) in [6.07, 6.45) is 3.54. The topological polar surface area (TPSA) is 110 Å². The fourth-order valence-corrected chi connectivity index (χ4v) is 2.85. The number of carbonyl (C=O) groups excluding carboxylic acids is 1. The molecule has 26 heavy (non-hydrogen) atoms. The number of hydrogen-bond acceptors (Lipinski definition) is 4. The van der Waals surface area contributed by atoms with Crippen molar-refractivity contribution in [3.8, 4) is 0 Å². The summed E-state index contributed by atoms with van der Waals surface area (Å²) < 4.78 is 13.0. The lowest BCUT2D eigenvalue weighted by Gasteiger charge is -2.28. The summed E-state index contributed by atoms with van der Waals surface area (Å²) >= 11 is 0. The zero-order valence-electron chi connectivity index (χ0n) is 14.9. The maximum atomic E-state index is 13.0. The third kappa shape index (κ3) is 6.66. The van der Waals surface area contributed by atoms with E-state index in [2.05, 4.69) is 5.32 Å². The van der Waals surface area contributed by atoms with E-state index in [1.54, 1.807) is 12.1 Å². The smallest absolute Gasteiger partial charge is 0.372 e. The molecule has 0 spiro atoms. The first-order valence-electron chi connectivity index (χ1n) is 8.45. The number of carboxylic acid groups (broad SMARTS) is 1. The molecule has 7 heteroatoms. The predicted octanol–water partition coefficient (Wildman–Crippen LogP) is 3.29. The Balaban J connectivity index is 2.72. The minimum Gasteiger partial charge on any atom is -0.501 e. The van der Waals surface area contributed by atoms with Gasteiger partial charge in [0.25, 0.3) is 0 Å². The molecule has 0 saturated carbocycles. The number of aliphatic carboxylic acids is 1. The van der Waals surface area contributed by atoms with Crippen LogP contribution >= 0.6 is 0 Å². The lowest BCUT2D eigenvalue weighted by atomic mass is 9.77. The summed E-state index contributed by atoms with van der Waals surface area (Å²) in [4.78, 5) is 22.5. The number of aliphatic hydroxyl groups excluding tert-OH is 1. The summed E-state index contributed by atoms with van der Waals surface area (Å²) in [5, 5.41) is 27.6. The van der Waals surface area contributed by atoms with E-state index in [0.29, 0.717) is 12.8 Å². The molecule has 0 saturated heterocycles. The van der Waals surface area contributed by atoms with E-state index in [1.165, 1.54) is 18.3 Å². The maximum Gasteiger partial charge on any atom is 0.372 e. The zero-order valence-corrected chi connectivity index (χ0v) is 14.9. The number of aliphatic hydroxyl groups is 1. The van der Waals surface area contributed by atoms with Crippen molar-refractivity contribution in [1.82, 2.24) is 5.32 Å². The first-order chi connectivity index (χ1) is 12.3. The Morgan fingerprint density at radius 1 is 1.27 bits per heavy atom. The molecule has 0 fully saturated rings. The molecule has 0 radical (unpaired) electrons. The average Bonchev–Trinajstić information content (AvgIpc) is 2.62. The lowest BCUT2D eigenvalue weighted by Crippen LogP contribution is -2.29. The van der Waals surface area contributed by atoms with E-state index < -0.39 is 17.6 Å². The highest BCUT2D eigenvalue weighted by atomic mass is 19.1. The first kappa shape index (κ1) is 21.3. The molecule has 0 aliphatic carbocycles. The normalized spacial score (nSPS) is 15.0. The second kappa shape index (κ2) is 10.3. The van der Waals surface area contributed by atoms with Gasteiger partial charge in [0.05, 0.1) is 6.20 Å². The molecule has 1 amide bonds. The van der Waals surface area contributed by atoms with Crippen LogP contribution in [0, 0.1) is 29.0 Å². The summed E-state index contributed by atoms with van der Waals surface area (Å²) in [7, 11) is 0. The Bertz CT molecular complexity index is 658. The van der Waals surface area contributed by atoms with Gasteiger partial charge >= 0.3 is 5.97 Å². The Morgan fingerprint density at radius 3 is 2.38 bits per heavy atom. The van der Waals surface area contributed by atoms with Crippen LogP contribution in [0.5, 0.6) is 0 Å². The van der Waals surface area contributed by atoms with E-state index >= 15 is 0 Å².